The van der Waals surface area contributed by atoms with Gasteiger partial charge < -0.3 is 19.1 Å². The second kappa shape index (κ2) is 7.75. The van der Waals surface area contributed by atoms with Gasteiger partial charge in [0.2, 0.25) is 5.91 Å². The second-order valence-electron chi connectivity index (χ2n) is 5.86. The summed E-state index contributed by atoms with van der Waals surface area (Å²) in [5.41, 5.74) is 0. The highest BCUT2D eigenvalue weighted by Gasteiger charge is 2.31. The normalized spacial score (nSPS) is 20.0. The molecule has 1 aromatic carbocycles. The first-order valence-electron chi connectivity index (χ1n) is 8.12. The SMILES string of the molecule is O=C(CCOc1ccccc1F)N1CCC(C2OCCO2)CC1. The lowest BCUT2D eigenvalue weighted by Gasteiger charge is -2.33. The first-order chi connectivity index (χ1) is 11.2. The molecular formula is C17H22FNO4. The Balaban J connectivity index is 1.38. The van der Waals surface area contributed by atoms with Gasteiger partial charge in [0.05, 0.1) is 26.2 Å². The predicted octanol–water partition coefficient (Wildman–Crippen LogP) is 2.21. The van der Waals surface area contributed by atoms with Gasteiger partial charge in [-0.25, -0.2) is 4.39 Å². The smallest absolute Gasteiger partial charge is 0.225 e. The molecule has 0 radical (unpaired) electrons. The molecule has 1 amide bonds. The van der Waals surface area contributed by atoms with Crippen molar-refractivity contribution in [3.63, 3.8) is 0 Å². The van der Waals surface area contributed by atoms with Crippen LogP contribution in [0.5, 0.6) is 5.75 Å². The summed E-state index contributed by atoms with van der Waals surface area (Å²) in [4.78, 5) is 14.0. The average molecular weight is 323 g/mol. The molecule has 3 rings (SSSR count). The Labute approximate surface area is 135 Å². The average Bonchev–Trinajstić information content (AvgIpc) is 3.11. The fourth-order valence-corrected chi connectivity index (χ4v) is 3.04. The summed E-state index contributed by atoms with van der Waals surface area (Å²) in [6.45, 7) is 2.95. The van der Waals surface area contributed by atoms with Crippen molar-refractivity contribution in [1.82, 2.24) is 4.90 Å². The molecule has 2 heterocycles. The first-order valence-corrected chi connectivity index (χ1v) is 8.12. The van der Waals surface area contributed by atoms with Gasteiger partial charge in [0, 0.05) is 19.0 Å². The number of benzene rings is 1. The molecule has 1 aromatic rings. The maximum Gasteiger partial charge on any atom is 0.225 e. The fraction of sp³-hybridized carbons (Fsp3) is 0.588. The molecule has 5 nitrogen and oxygen atoms in total. The number of carbonyl (C=O) groups excluding carboxylic acids is 1. The Kier molecular flexibility index (Phi) is 5.46. The minimum absolute atomic E-state index is 0.0491. The zero-order valence-electron chi connectivity index (χ0n) is 13.1. The molecule has 23 heavy (non-hydrogen) atoms. The molecule has 2 saturated heterocycles. The zero-order valence-corrected chi connectivity index (χ0v) is 13.1. The van der Waals surface area contributed by atoms with E-state index in [1.807, 2.05) is 4.90 Å². The van der Waals surface area contributed by atoms with Crippen LogP contribution in [0, 0.1) is 11.7 Å². The highest BCUT2D eigenvalue weighted by molar-refractivity contribution is 5.76. The topological polar surface area (TPSA) is 48.0 Å². The third kappa shape index (κ3) is 4.20. The van der Waals surface area contributed by atoms with Crippen LogP contribution in [-0.2, 0) is 14.3 Å². The summed E-state index contributed by atoms with van der Waals surface area (Å²) in [7, 11) is 0. The van der Waals surface area contributed by atoms with Crippen molar-refractivity contribution < 1.29 is 23.4 Å². The number of hydrogen-bond donors (Lipinski definition) is 0. The van der Waals surface area contributed by atoms with Crippen LogP contribution in [0.2, 0.25) is 0 Å². The number of halogens is 1. The van der Waals surface area contributed by atoms with E-state index in [4.69, 9.17) is 14.2 Å². The number of carbonyl (C=O) groups is 1. The first kappa shape index (κ1) is 16.2. The van der Waals surface area contributed by atoms with Gasteiger partial charge in [0.1, 0.15) is 0 Å². The maximum absolute atomic E-state index is 13.4. The number of amides is 1. The van der Waals surface area contributed by atoms with Crippen molar-refractivity contribution in [2.45, 2.75) is 25.6 Å². The van der Waals surface area contributed by atoms with E-state index in [2.05, 4.69) is 0 Å². The molecule has 0 unspecified atom stereocenters. The van der Waals surface area contributed by atoms with Gasteiger partial charge in [0.25, 0.3) is 0 Å². The number of likely N-dealkylation sites (tertiary alicyclic amines) is 1. The third-order valence-electron chi connectivity index (χ3n) is 4.33. The summed E-state index contributed by atoms with van der Waals surface area (Å²) in [5, 5.41) is 0. The van der Waals surface area contributed by atoms with Gasteiger partial charge >= 0.3 is 0 Å². The Bertz CT molecular complexity index is 525. The number of para-hydroxylation sites is 1. The standard InChI is InChI=1S/C17H22FNO4/c18-14-3-1-2-4-15(14)21-10-7-16(20)19-8-5-13(6-9-19)17-22-11-12-23-17/h1-4,13,17H,5-12H2. The lowest BCUT2D eigenvalue weighted by atomic mass is 9.96. The van der Waals surface area contributed by atoms with Crippen LogP contribution in [0.3, 0.4) is 0 Å². The molecule has 2 aliphatic rings. The minimum Gasteiger partial charge on any atom is -0.490 e. The van der Waals surface area contributed by atoms with Crippen molar-refractivity contribution >= 4 is 5.91 Å². The van der Waals surface area contributed by atoms with Crippen LogP contribution in [0.15, 0.2) is 24.3 Å². The van der Waals surface area contributed by atoms with Gasteiger partial charge in [-0.2, -0.15) is 0 Å². The van der Waals surface area contributed by atoms with Crippen LogP contribution in [0.1, 0.15) is 19.3 Å². The van der Waals surface area contributed by atoms with Crippen molar-refractivity contribution in [1.29, 1.82) is 0 Å². The van der Waals surface area contributed by atoms with E-state index in [9.17, 15) is 9.18 Å². The van der Waals surface area contributed by atoms with E-state index < -0.39 is 5.82 Å². The number of nitrogens with zero attached hydrogens (tertiary/aromatic N) is 1. The molecule has 6 heteroatoms. The lowest BCUT2D eigenvalue weighted by molar-refractivity contribution is -0.137. The summed E-state index contributed by atoms with van der Waals surface area (Å²) >= 11 is 0. The quantitative estimate of drug-likeness (QED) is 0.833. The zero-order chi connectivity index (χ0) is 16.1. The number of hydrogen-bond acceptors (Lipinski definition) is 4. The minimum atomic E-state index is -0.405. The van der Waals surface area contributed by atoms with Crippen LogP contribution >= 0.6 is 0 Å². The summed E-state index contributed by atoms with van der Waals surface area (Å²) in [5.74, 6) is 0.205. The highest BCUT2D eigenvalue weighted by atomic mass is 19.1. The third-order valence-corrected chi connectivity index (χ3v) is 4.33. The monoisotopic (exact) mass is 323 g/mol. The maximum atomic E-state index is 13.4. The van der Waals surface area contributed by atoms with Crippen molar-refractivity contribution in [2.24, 2.45) is 5.92 Å². The number of rotatable bonds is 5. The molecule has 0 spiro atoms. The van der Waals surface area contributed by atoms with Crippen molar-refractivity contribution in [3.05, 3.63) is 30.1 Å². The molecule has 0 atom stereocenters. The van der Waals surface area contributed by atoms with E-state index in [1.165, 1.54) is 6.07 Å². The van der Waals surface area contributed by atoms with E-state index in [0.717, 1.165) is 12.8 Å². The van der Waals surface area contributed by atoms with Crippen LogP contribution in [0.4, 0.5) is 4.39 Å². The number of piperidine rings is 1. The lowest BCUT2D eigenvalue weighted by Crippen LogP contribution is -2.41. The van der Waals surface area contributed by atoms with Crippen LogP contribution < -0.4 is 4.74 Å². The van der Waals surface area contributed by atoms with Crippen LogP contribution in [-0.4, -0.2) is 50.0 Å². The molecule has 0 bridgehead atoms. The summed E-state index contributed by atoms with van der Waals surface area (Å²) in [6.07, 6.45) is 1.95. The van der Waals surface area contributed by atoms with Gasteiger partial charge in [-0.3, -0.25) is 4.79 Å². The molecule has 2 fully saturated rings. The molecule has 0 aliphatic carbocycles. The van der Waals surface area contributed by atoms with Crippen molar-refractivity contribution in [3.8, 4) is 5.75 Å². The van der Waals surface area contributed by atoms with E-state index in [0.29, 0.717) is 32.2 Å². The predicted molar refractivity (Wildman–Crippen MR) is 81.5 cm³/mol. The van der Waals surface area contributed by atoms with E-state index in [-0.39, 0.29) is 31.0 Å². The van der Waals surface area contributed by atoms with Gasteiger partial charge in [0.15, 0.2) is 17.9 Å². The fourth-order valence-electron chi connectivity index (χ4n) is 3.04. The Morgan fingerprint density at radius 3 is 2.61 bits per heavy atom. The largest absolute Gasteiger partial charge is 0.490 e. The van der Waals surface area contributed by atoms with Crippen molar-refractivity contribution in [2.75, 3.05) is 32.9 Å². The Morgan fingerprint density at radius 1 is 1.22 bits per heavy atom. The molecule has 0 N–H and O–H groups in total. The van der Waals surface area contributed by atoms with E-state index in [1.54, 1.807) is 18.2 Å². The highest BCUT2D eigenvalue weighted by Crippen LogP contribution is 2.26. The molecule has 0 aromatic heterocycles. The summed E-state index contributed by atoms with van der Waals surface area (Å²) < 4.78 is 29.8. The van der Waals surface area contributed by atoms with E-state index >= 15 is 0 Å². The Hall–Kier alpha value is -1.66. The second-order valence-corrected chi connectivity index (χ2v) is 5.86. The van der Waals surface area contributed by atoms with Gasteiger partial charge in [-0.1, -0.05) is 12.1 Å². The van der Waals surface area contributed by atoms with Gasteiger partial charge in [-0.05, 0) is 25.0 Å². The summed E-state index contributed by atoms with van der Waals surface area (Å²) in [6, 6.07) is 6.22. The molecule has 0 saturated carbocycles. The van der Waals surface area contributed by atoms with Gasteiger partial charge in [-0.15, -0.1) is 0 Å². The molecular weight excluding hydrogens is 301 g/mol. The van der Waals surface area contributed by atoms with Crippen LogP contribution in [0.25, 0.3) is 0 Å². The molecule has 2 aliphatic heterocycles. The molecule has 126 valence electrons. The Morgan fingerprint density at radius 2 is 1.91 bits per heavy atom. The number of ether oxygens (including phenoxy) is 3.